The highest BCUT2D eigenvalue weighted by molar-refractivity contribution is 5.84. The molecular formula is C18H28O2. The van der Waals surface area contributed by atoms with Crippen LogP contribution in [-0.4, -0.2) is 11.6 Å². The number of ketones is 2. The Kier molecular flexibility index (Phi) is 3.96. The molecule has 0 aromatic rings. The van der Waals surface area contributed by atoms with Crippen LogP contribution in [-0.2, 0) is 9.59 Å². The first-order valence-corrected chi connectivity index (χ1v) is 7.91. The van der Waals surface area contributed by atoms with Crippen LogP contribution in [0, 0.1) is 22.7 Å². The maximum atomic E-state index is 12.5. The Morgan fingerprint density at radius 1 is 1.40 bits per heavy atom. The predicted molar refractivity (Wildman–Crippen MR) is 81.4 cm³/mol. The number of carbonyl (C=O) groups is 2. The Bertz CT molecular complexity index is 462. The van der Waals surface area contributed by atoms with E-state index in [1.807, 2.05) is 0 Å². The van der Waals surface area contributed by atoms with Gasteiger partial charge in [0.1, 0.15) is 11.6 Å². The van der Waals surface area contributed by atoms with Crippen molar-refractivity contribution in [1.82, 2.24) is 0 Å². The zero-order valence-corrected chi connectivity index (χ0v) is 13.6. The molecule has 0 aliphatic heterocycles. The lowest BCUT2D eigenvalue weighted by Gasteiger charge is -2.57. The van der Waals surface area contributed by atoms with E-state index in [1.54, 1.807) is 6.92 Å². The van der Waals surface area contributed by atoms with Crippen LogP contribution in [0.3, 0.4) is 0 Å². The zero-order valence-electron chi connectivity index (χ0n) is 13.6. The second kappa shape index (κ2) is 5.13. The van der Waals surface area contributed by atoms with E-state index >= 15 is 0 Å². The minimum absolute atomic E-state index is 0.00732. The van der Waals surface area contributed by atoms with E-state index in [1.165, 1.54) is 5.57 Å². The molecule has 0 aromatic carbocycles. The number of fused-ring (bicyclic) bond motifs is 1. The largest absolute Gasteiger partial charge is 0.300 e. The van der Waals surface area contributed by atoms with Crippen molar-refractivity contribution in [3.8, 4) is 0 Å². The number of rotatable bonds is 3. The van der Waals surface area contributed by atoms with Crippen molar-refractivity contribution in [3.63, 3.8) is 0 Å². The second-order valence-electron chi connectivity index (χ2n) is 7.51. The Hall–Kier alpha value is -0.920. The predicted octanol–water partition coefficient (Wildman–Crippen LogP) is 4.33. The summed E-state index contributed by atoms with van der Waals surface area (Å²) in [6, 6.07) is 0. The van der Waals surface area contributed by atoms with Crippen molar-refractivity contribution >= 4 is 11.6 Å². The summed E-state index contributed by atoms with van der Waals surface area (Å²) in [6.07, 6.45) is 6.71. The molecule has 20 heavy (non-hydrogen) atoms. The maximum Gasteiger partial charge on any atom is 0.137 e. The number of Topliss-reactive ketones (excluding diaryl/α,β-unsaturated/α-hetero) is 2. The molecule has 0 bridgehead atoms. The minimum atomic E-state index is -0.0364. The van der Waals surface area contributed by atoms with Gasteiger partial charge in [-0.05, 0) is 49.9 Å². The average molecular weight is 276 g/mol. The van der Waals surface area contributed by atoms with Crippen molar-refractivity contribution in [2.45, 2.75) is 66.7 Å². The molecule has 1 fully saturated rings. The number of hydrogen-bond acceptors (Lipinski definition) is 2. The van der Waals surface area contributed by atoms with Gasteiger partial charge in [-0.25, -0.2) is 0 Å². The maximum absolute atomic E-state index is 12.5. The number of hydrogen-bond donors (Lipinski definition) is 0. The zero-order chi connectivity index (χ0) is 15.1. The summed E-state index contributed by atoms with van der Waals surface area (Å²) in [6.45, 7) is 10.4. The molecule has 0 aromatic heterocycles. The SMILES string of the molecule is CC(=O)CC[C@@]1(C)[C@H](C)C(=O)C[C@@]2(C)C(C)=CCC[C@H]12. The van der Waals surface area contributed by atoms with E-state index in [9.17, 15) is 9.59 Å². The molecule has 112 valence electrons. The van der Waals surface area contributed by atoms with E-state index < -0.39 is 0 Å². The monoisotopic (exact) mass is 276 g/mol. The van der Waals surface area contributed by atoms with Crippen LogP contribution in [0.25, 0.3) is 0 Å². The van der Waals surface area contributed by atoms with E-state index in [4.69, 9.17) is 0 Å². The molecule has 0 N–H and O–H groups in total. The van der Waals surface area contributed by atoms with Gasteiger partial charge < -0.3 is 4.79 Å². The first kappa shape index (κ1) is 15.5. The standard InChI is InChI=1S/C18H28O2/c1-12-7-6-8-16-17(4,10-9-13(2)19)14(3)15(20)11-18(12,16)5/h7,14,16H,6,8-11H2,1-5H3/t14-,16-,17+,18+/m1/s1. The summed E-state index contributed by atoms with van der Waals surface area (Å²) in [5.74, 6) is 1.21. The highest BCUT2D eigenvalue weighted by atomic mass is 16.1. The van der Waals surface area contributed by atoms with Crippen LogP contribution in [0.4, 0.5) is 0 Å². The van der Waals surface area contributed by atoms with Crippen LogP contribution >= 0.6 is 0 Å². The summed E-state index contributed by atoms with van der Waals surface area (Å²) in [5, 5.41) is 0. The van der Waals surface area contributed by atoms with Crippen LogP contribution in [0.2, 0.25) is 0 Å². The van der Waals surface area contributed by atoms with Crippen molar-refractivity contribution in [1.29, 1.82) is 0 Å². The fraction of sp³-hybridized carbons (Fsp3) is 0.778. The van der Waals surface area contributed by atoms with Crippen molar-refractivity contribution in [2.75, 3.05) is 0 Å². The van der Waals surface area contributed by atoms with Gasteiger partial charge in [-0.15, -0.1) is 0 Å². The molecule has 1 saturated carbocycles. The van der Waals surface area contributed by atoms with Gasteiger partial charge in [0.05, 0.1) is 0 Å². The van der Waals surface area contributed by atoms with Gasteiger partial charge in [0, 0.05) is 18.8 Å². The highest BCUT2D eigenvalue weighted by Crippen LogP contribution is 2.60. The molecule has 0 amide bonds. The van der Waals surface area contributed by atoms with Gasteiger partial charge in [-0.1, -0.05) is 32.4 Å². The lowest BCUT2D eigenvalue weighted by atomic mass is 9.46. The van der Waals surface area contributed by atoms with Gasteiger partial charge >= 0.3 is 0 Å². The molecule has 2 aliphatic carbocycles. The van der Waals surface area contributed by atoms with Crippen LogP contribution < -0.4 is 0 Å². The van der Waals surface area contributed by atoms with Crippen LogP contribution in [0.15, 0.2) is 11.6 Å². The van der Waals surface area contributed by atoms with E-state index in [0.717, 1.165) is 19.3 Å². The molecule has 2 nitrogen and oxygen atoms in total. The highest BCUT2D eigenvalue weighted by Gasteiger charge is 2.56. The van der Waals surface area contributed by atoms with E-state index in [2.05, 4.69) is 33.8 Å². The summed E-state index contributed by atoms with van der Waals surface area (Å²) in [7, 11) is 0. The Morgan fingerprint density at radius 3 is 2.65 bits per heavy atom. The Balaban J connectivity index is 2.40. The van der Waals surface area contributed by atoms with Gasteiger partial charge in [0.15, 0.2) is 0 Å². The summed E-state index contributed by atoms with van der Waals surface area (Å²) >= 11 is 0. The first-order valence-electron chi connectivity index (χ1n) is 7.91. The third-order valence-electron chi connectivity index (χ3n) is 6.40. The summed E-state index contributed by atoms with van der Waals surface area (Å²) < 4.78 is 0. The summed E-state index contributed by atoms with van der Waals surface area (Å²) in [5.41, 5.74) is 1.35. The van der Waals surface area contributed by atoms with E-state index in [-0.39, 0.29) is 22.5 Å². The second-order valence-corrected chi connectivity index (χ2v) is 7.51. The lowest BCUT2D eigenvalue weighted by molar-refractivity contribution is -0.143. The van der Waals surface area contributed by atoms with E-state index in [0.29, 0.717) is 24.5 Å². The normalized spacial score (nSPS) is 41.0. The number of carbonyl (C=O) groups excluding carboxylic acids is 2. The van der Waals surface area contributed by atoms with Gasteiger partial charge in [-0.2, -0.15) is 0 Å². The Labute approximate surface area is 123 Å². The fourth-order valence-electron chi connectivity index (χ4n) is 4.63. The molecule has 0 unspecified atom stereocenters. The van der Waals surface area contributed by atoms with Gasteiger partial charge in [0.2, 0.25) is 0 Å². The first-order chi connectivity index (χ1) is 9.21. The third kappa shape index (κ3) is 2.27. The molecule has 4 atom stereocenters. The minimum Gasteiger partial charge on any atom is -0.300 e. The third-order valence-corrected chi connectivity index (χ3v) is 6.40. The summed E-state index contributed by atoms with van der Waals surface area (Å²) in [4.78, 5) is 24.0. The smallest absolute Gasteiger partial charge is 0.137 e. The van der Waals surface area contributed by atoms with Crippen LogP contribution in [0.5, 0.6) is 0 Å². The molecule has 2 rings (SSSR count). The average Bonchev–Trinajstić information content (AvgIpc) is 2.37. The van der Waals surface area contributed by atoms with Crippen molar-refractivity contribution < 1.29 is 9.59 Å². The van der Waals surface area contributed by atoms with Crippen molar-refractivity contribution in [2.24, 2.45) is 22.7 Å². The Morgan fingerprint density at radius 2 is 2.05 bits per heavy atom. The molecule has 0 radical (unpaired) electrons. The molecule has 0 spiro atoms. The van der Waals surface area contributed by atoms with Gasteiger partial charge in [0.25, 0.3) is 0 Å². The molecule has 2 heteroatoms. The topological polar surface area (TPSA) is 34.1 Å². The quantitative estimate of drug-likeness (QED) is 0.719. The molecule has 0 saturated heterocycles. The molecular weight excluding hydrogens is 248 g/mol. The fourth-order valence-corrected chi connectivity index (χ4v) is 4.63. The van der Waals surface area contributed by atoms with Gasteiger partial charge in [-0.3, -0.25) is 4.79 Å². The number of allylic oxidation sites excluding steroid dienone is 2. The molecule has 2 aliphatic rings. The van der Waals surface area contributed by atoms with Crippen molar-refractivity contribution in [3.05, 3.63) is 11.6 Å². The lowest BCUT2D eigenvalue weighted by Crippen LogP contribution is -2.53. The van der Waals surface area contributed by atoms with Crippen LogP contribution in [0.1, 0.15) is 66.7 Å². The molecule has 0 heterocycles.